The van der Waals surface area contributed by atoms with Gasteiger partial charge in [-0.05, 0) is 55.8 Å². The predicted octanol–water partition coefficient (Wildman–Crippen LogP) is 5.55. The van der Waals surface area contributed by atoms with Crippen molar-refractivity contribution in [2.75, 3.05) is 10.6 Å². The molecule has 5 N–H and O–H groups in total. The zero-order chi connectivity index (χ0) is 22.1. The Bertz CT molecular complexity index is 1020. The van der Waals surface area contributed by atoms with Crippen LogP contribution in [0.4, 0.5) is 16.2 Å². The lowest BCUT2D eigenvalue weighted by Gasteiger charge is -2.10. The van der Waals surface area contributed by atoms with Gasteiger partial charge in [0, 0.05) is 23.5 Å². The molecule has 0 saturated heterocycles. The first kappa shape index (κ1) is 25.0. The molecule has 0 spiro atoms. The third-order valence-electron chi connectivity index (χ3n) is 4.15. The summed E-state index contributed by atoms with van der Waals surface area (Å²) < 4.78 is 5.83. The minimum absolute atomic E-state index is 0. The highest BCUT2D eigenvalue weighted by Crippen LogP contribution is 2.23. The van der Waals surface area contributed by atoms with E-state index in [9.17, 15) is 4.79 Å². The van der Waals surface area contributed by atoms with Crippen molar-refractivity contribution in [3.63, 3.8) is 0 Å². The standard InChI is InChI=1S/C24H27N5O2.HI/c1-17(2)27-24(30)29-19-13-11-18(12-14-19)16-26-23(25)28-20-7-6-10-22(15-20)31-21-8-4-3-5-9-21;/h3-15,17H,16H2,1-2H3,(H3,25,26,28)(H2,27,29,30);1H. The van der Waals surface area contributed by atoms with Crippen molar-refractivity contribution in [3.8, 4) is 11.5 Å². The highest BCUT2D eigenvalue weighted by Gasteiger charge is 2.04. The summed E-state index contributed by atoms with van der Waals surface area (Å²) in [5.41, 5.74) is 8.50. The van der Waals surface area contributed by atoms with Crippen molar-refractivity contribution in [2.24, 2.45) is 10.7 Å². The molecule has 0 heterocycles. The summed E-state index contributed by atoms with van der Waals surface area (Å²) in [6.45, 7) is 4.23. The molecular formula is C24H28IN5O2. The van der Waals surface area contributed by atoms with Crippen LogP contribution in [-0.2, 0) is 6.54 Å². The van der Waals surface area contributed by atoms with Crippen LogP contribution in [-0.4, -0.2) is 18.0 Å². The van der Waals surface area contributed by atoms with Gasteiger partial charge in [-0.3, -0.25) is 0 Å². The Labute approximate surface area is 205 Å². The van der Waals surface area contributed by atoms with E-state index in [1.54, 1.807) is 0 Å². The minimum atomic E-state index is -0.229. The smallest absolute Gasteiger partial charge is 0.319 e. The maximum atomic E-state index is 11.7. The summed E-state index contributed by atoms with van der Waals surface area (Å²) in [5, 5.41) is 8.64. The Hall–Kier alpha value is -3.27. The highest BCUT2D eigenvalue weighted by atomic mass is 127. The summed E-state index contributed by atoms with van der Waals surface area (Å²) in [4.78, 5) is 16.1. The third kappa shape index (κ3) is 8.46. The summed E-state index contributed by atoms with van der Waals surface area (Å²) in [5.74, 6) is 1.77. The van der Waals surface area contributed by atoms with E-state index < -0.39 is 0 Å². The number of carbonyl (C=O) groups excluding carboxylic acids is 1. The van der Waals surface area contributed by atoms with Crippen molar-refractivity contribution in [2.45, 2.75) is 26.4 Å². The van der Waals surface area contributed by atoms with Gasteiger partial charge < -0.3 is 26.4 Å². The number of hydrogen-bond acceptors (Lipinski definition) is 3. The topological polar surface area (TPSA) is 101 Å². The number of carbonyl (C=O) groups is 1. The first-order valence-electron chi connectivity index (χ1n) is 10.0. The SMILES string of the molecule is CC(C)NC(=O)Nc1ccc(CN=C(N)Nc2cccc(Oc3ccccc3)c2)cc1.I. The van der Waals surface area contributed by atoms with E-state index in [2.05, 4.69) is 20.9 Å². The summed E-state index contributed by atoms with van der Waals surface area (Å²) in [6.07, 6.45) is 0. The fourth-order valence-electron chi connectivity index (χ4n) is 2.75. The van der Waals surface area contributed by atoms with Gasteiger partial charge in [0.1, 0.15) is 11.5 Å². The predicted molar refractivity (Wildman–Crippen MR) is 141 cm³/mol. The Balaban J connectivity index is 0.00000363. The molecule has 0 saturated carbocycles. The number of nitrogens with one attached hydrogen (secondary N) is 3. The summed E-state index contributed by atoms with van der Waals surface area (Å²) in [7, 11) is 0. The lowest BCUT2D eigenvalue weighted by molar-refractivity contribution is 0.250. The van der Waals surface area contributed by atoms with Gasteiger partial charge in [-0.15, -0.1) is 24.0 Å². The van der Waals surface area contributed by atoms with Gasteiger partial charge >= 0.3 is 6.03 Å². The monoisotopic (exact) mass is 545 g/mol. The van der Waals surface area contributed by atoms with Gasteiger partial charge in [0.15, 0.2) is 5.96 Å². The van der Waals surface area contributed by atoms with Gasteiger partial charge in [-0.25, -0.2) is 9.79 Å². The van der Waals surface area contributed by atoms with E-state index in [4.69, 9.17) is 10.5 Å². The van der Waals surface area contributed by atoms with Crippen molar-refractivity contribution < 1.29 is 9.53 Å². The molecule has 0 bridgehead atoms. The molecule has 0 aliphatic heterocycles. The molecule has 7 nitrogen and oxygen atoms in total. The quantitative estimate of drug-likeness (QED) is 0.178. The number of rotatable bonds is 7. The molecule has 0 radical (unpaired) electrons. The number of benzene rings is 3. The van der Waals surface area contributed by atoms with Crippen LogP contribution in [0.1, 0.15) is 19.4 Å². The number of guanidine groups is 1. The molecule has 2 amide bonds. The second-order valence-electron chi connectivity index (χ2n) is 7.22. The Morgan fingerprint density at radius 3 is 2.28 bits per heavy atom. The van der Waals surface area contributed by atoms with Crippen LogP contribution in [0.2, 0.25) is 0 Å². The maximum absolute atomic E-state index is 11.7. The first-order valence-corrected chi connectivity index (χ1v) is 10.0. The van der Waals surface area contributed by atoms with Crippen molar-refractivity contribution >= 4 is 47.3 Å². The fraction of sp³-hybridized carbons (Fsp3) is 0.167. The number of urea groups is 1. The molecule has 168 valence electrons. The second-order valence-corrected chi connectivity index (χ2v) is 7.22. The lowest BCUT2D eigenvalue weighted by Crippen LogP contribution is -2.34. The molecule has 8 heteroatoms. The molecule has 3 aromatic carbocycles. The Kier molecular flexibility index (Phi) is 9.80. The number of hydrogen-bond donors (Lipinski definition) is 4. The largest absolute Gasteiger partial charge is 0.457 e. The summed E-state index contributed by atoms with van der Waals surface area (Å²) in [6, 6.07) is 24.4. The van der Waals surface area contributed by atoms with Gasteiger partial charge in [-0.1, -0.05) is 36.4 Å². The average molecular weight is 545 g/mol. The molecule has 0 unspecified atom stereocenters. The van der Waals surface area contributed by atoms with E-state index in [0.29, 0.717) is 23.9 Å². The molecule has 0 aliphatic rings. The van der Waals surface area contributed by atoms with E-state index >= 15 is 0 Å². The zero-order valence-electron chi connectivity index (χ0n) is 18.0. The number of amides is 2. The third-order valence-corrected chi connectivity index (χ3v) is 4.15. The van der Waals surface area contributed by atoms with Crippen LogP contribution in [0.25, 0.3) is 0 Å². The lowest BCUT2D eigenvalue weighted by atomic mass is 10.2. The number of aliphatic imine (C=N–C) groups is 1. The van der Waals surface area contributed by atoms with Gasteiger partial charge in [-0.2, -0.15) is 0 Å². The highest BCUT2D eigenvalue weighted by molar-refractivity contribution is 14.0. The molecule has 3 rings (SSSR count). The van der Waals surface area contributed by atoms with Crippen LogP contribution in [0.3, 0.4) is 0 Å². The van der Waals surface area contributed by atoms with E-state index in [-0.39, 0.29) is 36.0 Å². The number of ether oxygens (including phenoxy) is 1. The minimum Gasteiger partial charge on any atom is -0.457 e. The van der Waals surface area contributed by atoms with E-state index in [1.165, 1.54) is 0 Å². The van der Waals surface area contributed by atoms with Crippen molar-refractivity contribution in [1.82, 2.24) is 5.32 Å². The molecule has 0 aliphatic carbocycles. The fourth-order valence-corrected chi connectivity index (χ4v) is 2.75. The van der Waals surface area contributed by atoms with E-state index in [1.807, 2.05) is 92.7 Å². The maximum Gasteiger partial charge on any atom is 0.319 e. The molecule has 3 aromatic rings. The van der Waals surface area contributed by atoms with Crippen molar-refractivity contribution in [3.05, 3.63) is 84.4 Å². The molecule has 0 atom stereocenters. The van der Waals surface area contributed by atoms with Gasteiger partial charge in [0.2, 0.25) is 0 Å². The Morgan fingerprint density at radius 1 is 0.906 bits per heavy atom. The van der Waals surface area contributed by atoms with Crippen LogP contribution < -0.4 is 26.4 Å². The average Bonchev–Trinajstić information content (AvgIpc) is 2.74. The van der Waals surface area contributed by atoms with Crippen LogP contribution in [0, 0.1) is 0 Å². The van der Waals surface area contributed by atoms with Crippen molar-refractivity contribution in [1.29, 1.82) is 0 Å². The van der Waals surface area contributed by atoms with Gasteiger partial charge in [0.25, 0.3) is 0 Å². The summed E-state index contributed by atoms with van der Waals surface area (Å²) >= 11 is 0. The van der Waals surface area contributed by atoms with Crippen LogP contribution in [0.5, 0.6) is 11.5 Å². The molecule has 0 fully saturated rings. The zero-order valence-corrected chi connectivity index (χ0v) is 20.4. The number of halogens is 1. The first-order chi connectivity index (χ1) is 15.0. The molecular weight excluding hydrogens is 517 g/mol. The van der Waals surface area contributed by atoms with Crippen LogP contribution >= 0.6 is 24.0 Å². The number of anilines is 2. The molecule has 32 heavy (non-hydrogen) atoms. The number of para-hydroxylation sites is 1. The normalized spacial score (nSPS) is 10.8. The second kappa shape index (κ2) is 12.6. The van der Waals surface area contributed by atoms with Gasteiger partial charge in [0.05, 0.1) is 6.54 Å². The van der Waals surface area contributed by atoms with E-state index in [0.717, 1.165) is 17.0 Å². The number of nitrogens with two attached hydrogens (primary N) is 1. The van der Waals surface area contributed by atoms with Crippen LogP contribution in [0.15, 0.2) is 83.9 Å². The number of nitrogens with zero attached hydrogens (tertiary/aromatic N) is 1. The molecule has 0 aromatic heterocycles. The Morgan fingerprint density at radius 2 is 1.59 bits per heavy atom.